The lowest BCUT2D eigenvalue weighted by Crippen LogP contribution is -2.27. The van der Waals surface area contributed by atoms with Crippen LogP contribution in [0.2, 0.25) is 0 Å². The van der Waals surface area contributed by atoms with Crippen LogP contribution in [0, 0.1) is 0 Å². The molecule has 4 aromatic rings. The molecule has 32 heavy (non-hydrogen) atoms. The first kappa shape index (κ1) is 21.2. The van der Waals surface area contributed by atoms with Gasteiger partial charge in [0.2, 0.25) is 5.88 Å². The summed E-state index contributed by atoms with van der Waals surface area (Å²) in [5.74, 6) is 0.510. The molecule has 0 aliphatic carbocycles. The predicted octanol–water partition coefficient (Wildman–Crippen LogP) is 3.53. The molecule has 4 rings (SSSR count). The Balaban J connectivity index is 1.77. The molecule has 0 aliphatic heterocycles. The van der Waals surface area contributed by atoms with Gasteiger partial charge in [-0.2, -0.15) is 13.2 Å². The quantitative estimate of drug-likeness (QED) is 0.504. The van der Waals surface area contributed by atoms with Crippen molar-refractivity contribution in [2.45, 2.75) is 12.7 Å². The molecule has 0 atom stereocenters. The van der Waals surface area contributed by atoms with Crippen LogP contribution >= 0.6 is 0 Å². The smallest absolute Gasteiger partial charge is 0.406 e. The summed E-state index contributed by atoms with van der Waals surface area (Å²) >= 11 is 0. The standard InChI is InChI=1S/C21H17F3N4O4/c1-31-17-7-12(8-25-19(17)32-2)15-5-4-14-16(26-15)10-28(20(14)30)13-3-6-18(29)27(9-13)11-21(22,23)24/h3-10,30H,11H2,1-2H3. The number of hydrogen-bond acceptors (Lipinski definition) is 6. The molecule has 11 heteroatoms. The lowest BCUT2D eigenvalue weighted by atomic mass is 10.1. The molecular weight excluding hydrogens is 429 g/mol. The van der Waals surface area contributed by atoms with Crippen molar-refractivity contribution in [3.8, 4) is 34.5 Å². The van der Waals surface area contributed by atoms with Gasteiger partial charge >= 0.3 is 6.18 Å². The van der Waals surface area contributed by atoms with Crippen molar-refractivity contribution < 1.29 is 27.8 Å². The summed E-state index contributed by atoms with van der Waals surface area (Å²) in [4.78, 5) is 20.5. The molecule has 4 aromatic heterocycles. The van der Waals surface area contributed by atoms with Crippen molar-refractivity contribution in [2.75, 3.05) is 14.2 Å². The van der Waals surface area contributed by atoms with Crippen molar-refractivity contribution in [3.05, 3.63) is 59.3 Å². The number of pyridine rings is 3. The highest BCUT2D eigenvalue weighted by Crippen LogP contribution is 2.33. The molecule has 1 N–H and O–H groups in total. The SMILES string of the molecule is COc1cc(-c2ccc3c(O)n(-c4ccc(=O)n(CC(F)(F)F)c4)cc3n2)cnc1OC. The van der Waals surface area contributed by atoms with E-state index in [2.05, 4.69) is 9.97 Å². The maximum absolute atomic E-state index is 12.8. The molecule has 0 aliphatic rings. The van der Waals surface area contributed by atoms with Crippen LogP contribution in [0.5, 0.6) is 17.5 Å². The fraction of sp³-hybridized carbons (Fsp3) is 0.190. The van der Waals surface area contributed by atoms with E-state index in [1.54, 1.807) is 24.4 Å². The van der Waals surface area contributed by atoms with Gasteiger partial charge in [-0.3, -0.25) is 9.36 Å². The van der Waals surface area contributed by atoms with Gasteiger partial charge in [-0.1, -0.05) is 0 Å². The molecular formula is C21H17F3N4O4. The van der Waals surface area contributed by atoms with Crippen LogP contribution in [0.3, 0.4) is 0 Å². The summed E-state index contributed by atoms with van der Waals surface area (Å²) in [5.41, 5.74) is 0.936. The molecule has 4 heterocycles. The van der Waals surface area contributed by atoms with Crippen LogP contribution in [-0.2, 0) is 6.54 Å². The number of methoxy groups -OCH3 is 2. The number of halogens is 3. The van der Waals surface area contributed by atoms with Gasteiger partial charge in [0.05, 0.1) is 36.5 Å². The molecule has 0 radical (unpaired) electrons. The highest BCUT2D eigenvalue weighted by Gasteiger charge is 2.28. The summed E-state index contributed by atoms with van der Waals surface area (Å²) in [6.45, 7) is -1.43. The van der Waals surface area contributed by atoms with Gasteiger partial charge in [0.25, 0.3) is 11.4 Å². The normalized spacial score (nSPS) is 11.7. The number of hydrogen-bond donors (Lipinski definition) is 1. The summed E-state index contributed by atoms with van der Waals surface area (Å²) in [6.07, 6.45) is -0.497. The van der Waals surface area contributed by atoms with Crippen LogP contribution in [-0.4, -0.2) is 44.6 Å². The zero-order valence-corrected chi connectivity index (χ0v) is 16.9. The first-order valence-electron chi connectivity index (χ1n) is 9.27. The largest absolute Gasteiger partial charge is 0.494 e. The van der Waals surface area contributed by atoms with Crippen molar-refractivity contribution in [2.24, 2.45) is 0 Å². The van der Waals surface area contributed by atoms with Gasteiger partial charge in [0.15, 0.2) is 5.75 Å². The monoisotopic (exact) mass is 446 g/mol. The Morgan fingerprint density at radius 3 is 2.56 bits per heavy atom. The van der Waals surface area contributed by atoms with E-state index in [0.29, 0.717) is 38.4 Å². The van der Waals surface area contributed by atoms with Crippen LogP contribution in [0.4, 0.5) is 13.2 Å². The average Bonchev–Trinajstić information content (AvgIpc) is 3.09. The Morgan fingerprint density at radius 1 is 1.09 bits per heavy atom. The molecule has 0 bridgehead atoms. The van der Waals surface area contributed by atoms with E-state index in [1.165, 1.54) is 31.0 Å². The zero-order valence-electron chi connectivity index (χ0n) is 16.9. The third kappa shape index (κ3) is 3.96. The Morgan fingerprint density at radius 2 is 1.88 bits per heavy atom. The molecule has 0 saturated carbocycles. The van der Waals surface area contributed by atoms with Gasteiger partial charge in [0.1, 0.15) is 6.54 Å². The second kappa shape index (κ2) is 7.91. The van der Waals surface area contributed by atoms with Gasteiger partial charge in [0, 0.05) is 30.2 Å². The van der Waals surface area contributed by atoms with Gasteiger partial charge in [-0.15, -0.1) is 0 Å². The van der Waals surface area contributed by atoms with Crippen molar-refractivity contribution >= 4 is 10.9 Å². The Kier molecular flexibility index (Phi) is 5.25. The number of nitrogens with zero attached hydrogens (tertiary/aromatic N) is 4. The van der Waals surface area contributed by atoms with E-state index in [-0.39, 0.29) is 11.6 Å². The lowest BCUT2D eigenvalue weighted by Gasteiger charge is -2.11. The highest BCUT2D eigenvalue weighted by molar-refractivity contribution is 5.87. The molecule has 0 unspecified atom stereocenters. The van der Waals surface area contributed by atoms with E-state index in [1.807, 2.05) is 0 Å². The molecule has 0 fully saturated rings. The van der Waals surface area contributed by atoms with E-state index in [0.717, 1.165) is 12.3 Å². The minimum absolute atomic E-state index is 0.179. The van der Waals surface area contributed by atoms with Crippen molar-refractivity contribution in [1.29, 1.82) is 0 Å². The van der Waals surface area contributed by atoms with Crippen LogP contribution < -0.4 is 15.0 Å². The van der Waals surface area contributed by atoms with E-state index < -0.39 is 18.3 Å². The highest BCUT2D eigenvalue weighted by atomic mass is 19.4. The predicted molar refractivity (Wildman–Crippen MR) is 109 cm³/mol. The maximum Gasteiger partial charge on any atom is 0.406 e. The second-order valence-electron chi connectivity index (χ2n) is 6.86. The van der Waals surface area contributed by atoms with E-state index in [4.69, 9.17) is 9.47 Å². The first-order chi connectivity index (χ1) is 15.2. The first-order valence-corrected chi connectivity index (χ1v) is 9.27. The summed E-state index contributed by atoms with van der Waals surface area (Å²) in [5, 5.41) is 11.0. The summed E-state index contributed by atoms with van der Waals surface area (Å²) in [7, 11) is 2.95. The van der Waals surface area contributed by atoms with E-state index >= 15 is 0 Å². The van der Waals surface area contributed by atoms with Crippen molar-refractivity contribution in [3.63, 3.8) is 0 Å². The molecule has 8 nitrogen and oxygen atoms in total. The van der Waals surface area contributed by atoms with Crippen molar-refractivity contribution in [1.82, 2.24) is 19.1 Å². The number of aromatic hydroxyl groups is 1. The summed E-state index contributed by atoms with van der Waals surface area (Å²) in [6, 6.07) is 7.34. The number of fused-ring (bicyclic) bond motifs is 1. The molecule has 0 aromatic carbocycles. The average molecular weight is 446 g/mol. The van der Waals surface area contributed by atoms with Gasteiger partial charge < -0.3 is 19.1 Å². The zero-order chi connectivity index (χ0) is 23.0. The van der Waals surface area contributed by atoms with Crippen LogP contribution in [0.15, 0.2) is 53.7 Å². The Labute approximate surface area is 179 Å². The Hall–Kier alpha value is -4.02. The minimum atomic E-state index is -4.56. The molecule has 0 amide bonds. The van der Waals surface area contributed by atoms with Gasteiger partial charge in [-0.05, 0) is 24.3 Å². The maximum atomic E-state index is 12.8. The topological polar surface area (TPSA) is 91.4 Å². The number of ether oxygens (including phenoxy) is 2. The molecule has 0 saturated heterocycles. The Bertz CT molecular complexity index is 1360. The number of alkyl halides is 3. The summed E-state index contributed by atoms with van der Waals surface area (Å²) < 4.78 is 50.5. The van der Waals surface area contributed by atoms with Gasteiger partial charge in [-0.25, -0.2) is 9.97 Å². The minimum Gasteiger partial charge on any atom is -0.494 e. The third-order valence-corrected chi connectivity index (χ3v) is 4.77. The lowest BCUT2D eigenvalue weighted by molar-refractivity contribution is -0.141. The fourth-order valence-electron chi connectivity index (χ4n) is 3.28. The second-order valence-corrected chi connectivity index (χ2v) is 6.86. The van der Waals surface area contributed by atoms with E-state index in [9.17, 15) is 23.1 Å². The van der Waals surface area contributed by atoms with Crippen LogP contribution in [0.25, 0.3) is 27.8 Å². The number of rotatable bonds is 5. The number of aromatic nitrogens is 4. The third-order valence-electron chi connectivity index (χ3n) is 4.77. The van der Waals surface area contributed by atoms with Crippen LogP contribution in [0.1, 0.15) is 0 Å². The molecule has 0 spiro atoms. The fourth-order valence-corrected chi connectivity index (χ4v) is 3.28. The molecule has 166 valence electrons.